The molecule has 0 bridgehead atoms. The SMILES string of the molecule is CCCCC/C=C\C/C=C\CCCCCCCCCC(=O)OCC(COC1OC(C(=O)O)C(O)C(O)C1OC(=O)CCCCCCCCCCCCCCC)OC(=O)CCCCCCCCCCCCCCC. The summed E-state index contributed by atoms with van der Waals surface area (Å²) >= 11 is 0. The fraction of sp³-hybridized carbons (Fsp3) is 0.869. The topological polar surface area (TPSA) is 175 Å². The largest absolute Gasteiger partial charge is 0.479 e. The number of carboxylic acid groups (broad SMARTS) is 1. The van der Waals surface area contributed by atoms with Gasteiger partial charge < -0.3 is 39.0 Å². The van der Waals surface area contributed by atoms with E-state index >= 15 is 0 Å². The molecular formula is C61H110O12. The van der Waals surface area contributed by atoms with Crippen LogP contribution in [0.15, 0.2) is 24.3 Å². The molecule has 73 heavy (non-hydrogen) atoms. The zero-order chi connectivity index (χ0) is 53.3. The third-order valence-corrected chi connectivity index (χ3v) is 14.0. The number of allylic oxidation sites excluding steroid dienone is 4. The Morgan fingerprint density at radius 2 is 0.822 bits per heavy atom. The lowest BCUT2D eigenvalue weighted by Crippen LogP contribution is -2.61. The summed E-state index contributed by atoms with van der Waals surface area (Å²) < 4.78 is 28.5. The maximum absolute atomic E-state index is 13.1. The van der Waals surface area contributed by atoms with E-state index in [0.717, 1.165) is 77.0 Å². The quantitative estimate of drug-likeness (QED) is 0.0228. The number of rotatable bonds is 52. The van der Waals surface area contributed by atoms with Crippen molar-refractivity contribution in [3.8, 4) is 0 Å². The molecular weight excluding hydrogens is 925 g/mol. The Kier molecular flexibility index (Phi) is 46.8. The highest BCUT2D eigenvalue weighted by Crippen LogP contribution is 2.27. The van der Waals surface area contributed by atoms with Crippen LogP contribution < -0.4 is 0 Å². The van der Waals surface area contributed by atoms with Crippen molar-refractivity contribution in [3.63, 3.8) is 0 Å². The molecule has 6 atom stereocenters. The van der Waals surface area contributed by atoms with Crippen LogP contribution in [0.5, 0.6) is 0 Å². The molecule has 0 radical (unpaired) electrons. The van der Waals surface area contributed by atoms with Crippen molar-refractivity contribution in [3.05, 3.63) is 24.3 Å². The lowest BCUT2D eigenvalue weighted by molar-refractivity contribution is -0.301. The fourth-order valence-electron chi connectivity index (χ4n) is 9.34. The minimum absolute atomic E-state index is 0.0666. The molecule has 0 aromatic rings. The molecule has 1 aliphatic heterocycles. The standard InChI is InChI=1S/C61H110O12/c1-4-7-10-13-16-19-22-25-26-27-28-31-32-35-38-41-44-47-53(62)69-50-52(71-54(63)48-45-42-39-36-33-29-23-20-17-14-11-8-5-2)51-70-61-59(57(66)56(65)58(73-61)60(67)68)72-55(64)49-46-43-40-37-34-30-24-21-18-15-12-9-6-3/h16,19,25-26,52,56-59,61,65-66H,4-15,17-18,20-24,27-51H2,1-3H3,(H,67,68)/b19-16-,26-25-. The van der Waals surface area contributed by atoms with Crippen molar-refractivity contribution in [2.75, 3.05) is 13.2 Å². The predicted octanol–water partition coefficient (Wildman–Crippen LogP) is 15.5. The molecule has 1 heterocycles. The van der Waals surface area contributed by atoms with Gasteiger partial charge >= 0.3 is 23.9 Å². The molecule has 0 amide bonds. The number of aliphatic carboxylic acids is 1. The molecule has 1 saturated heterocycles. The van der Waals surface area contributed by atoms with Gasteiger partial charge in [-0.2, -0.15) is 0 Å². The molecule has 1 aliphatic rings. The number of unbranched alkanes of at least 4 members (excludes halogenated alkanes) is 34. The normalized spacial score (nSPS) is 18.4. The van der Waals surface area contributed by atoms with E-state index in [2.05, 4.69) is 45.1 Å². The Morgan fingerprint density at radius 1 is 0.452 bits per heavy atom. The Hall–Kier alpha value is -2.80. The van der Waals surface area contributed by atoms with Crippen molar-refractivity contribution in [2.24, 2.45) is 0 Å². The lowest BCUT2D eigenvalue weighted by Gasteiger charge is -2.40. The molecule has 12 heteroatoms. The Bertz CT molecular complexity index is 1370. The summed E-state index contributed by atoms with van der Waals surface area (Å²) in [7, 11) is 0. The van der Waals surface area contributed by atoms with Gasteiger partial charge in [0.2, 0.25) is 0 Å². The third kappa shape index (κ3) is 40.2. The molecule has 0 saturated carbocycles. The van der Waals surface area contributed by atoms with E-state index in [4.69, 9.17) is 23.7 Å². The number of aliphatic hydroxyl groups excluding tert-OH is 2. The summed E-state index contributed by atoms with van der Waals surface area (Å²) in [4.78, 5) is 51.1. The average Bonchev–Trinajstić information content (AvgIpc) is 3.37. The molecule has 1 rings (SSSR count). The third-order valence-electron chi connectivity index (χ3n) is 14.0. The van der Waals surface area contributed by atoms with E-state index < -0.39 is 67.3 Å². The average molecular weight is 1040 g/mol. The van der Waals surface area contributed by atoms with Crippen molar-refractivity contribution < 1.29 is 58.2 Å². The number of hydrogen-bond acceptors (Lipinski definition) is 11. The van der Waals surface area contributed by atoms with Gasteiger partial charge in [-0.05, 0) is 51.4 Å². The number of ether oxygens (including phenoxy) is 5. The van der Waals surface area contributed by atoms with Gasteiger partial charge in [0.05, 0.1) is 6.61 Å². The van der Waals surface area contributed by atoms with Gasteiger partial charge in [0.15, 0.2) is 24.6 Å². The summed E-state index contributed by atoms with van der Waals surface area (Å²) in [5.74, 6) is -3.09. The van der Waals surface area contributed by atoms with Crippen LogP contribution >= 0.6 is 0 Å². The first-order valence-corrected chi connectivity index (χ1v) is 30.3. The molecule has 6 unspecified atom stereocenters. The second-order valence-corrected chi connectivity index (χ2v) is 21.0. The number of carboxylic acids is 1. The molecule has 0 spiro atoms. The van der Waals surface area contributed by atoms with Crippen molar-refractivity contribution in [1.29, 1.82) is 0 Å². The summed E-state index contributed by atoms with van der Waals surface area (Å²) in [5, 5.41) is 31.5. The molecule has 0 aromatic carbocycles. The van der Waals surface area contributed by atoms with Crippen LogP contribution in [0.4, 0.5) is 0 Å². The van der Waals surface area contributed by atoms with Crippen molar-refractivity contribution >= 4 is 23.9 Å². The van der Waals surface area contributed by atoms with Crippen LogP contribution in [0.25, 0.3) is 0 Å². The van der Waals surface area contributed by atoms with E-state index in [9.17, 15) is 34.5 Å². The van der Waals surface area contributed by atoms with Gasteiger partial charge in [0.25, 0.3) is 0 Å². The van der Waals surface area contributed by atoms with Gasteiger partial charge in [-0.25, -0.2) is 4.79 Å². The van der Waals surface area contributed by atoms with Gasteiger partial charge in [-0.1, -0.05) is 244 Å². The smallest absolute Gasteiger partial charge is 0.335 e. The highest BCUT2D eigenvalue weighted by atomic mass is 16.7. The first-order chi connectivity index (χ1) is 35.6. The molecule has 0 aliphatic carbocycles. The van der Waals surface area contributed by atoms with Crippen LogP contribution in [0.2, 0.25) is 0 Å². The summed E-state index contributed by atoms with van der Waals surface area (Å²) in [5.41, 5.74) is 0. The second kappa shape index (κ2) is 50.0. The number of carbonyl (C=O) groups is 4. The molecule has 1 fully saturated rings. The van der Waals surface area contributed by atoms with Gasteiger partial charge in [0, 0.05) is 19.3 Å². The highest BCUT2D eigenvalue weighted by molar-refractivity contribution is 5.74. The summed E-state index contributed by atoms with van der Waals surface area (Å²) in [6.45, 7) is 5.98. The zero-order valence-corrected chi connectivity index (χ0v) is 46.9. The van der Waals surface area contributed by atoms with E-state index in [1.165, 1.54) is 154 Å². The number of carbonyl (C=O) groups excluding carboxylic acids is 3. The number of hydrogen-bond donors (Lipinski definition) is 3. The van der Waals surface area contributed by atoms with Crippen molar-refractivity contribution in [1.82, 2.24) is 0 Å². The van der Waals surface area contributed by atoms with Crippen LogP contribution in [0.1, 0.15) is 290 Å². The fourth-order valence-corrected chi connectivity index (χ4v) is 9.34. The zero-order valence-electron chi connectivity index (χ0n) is 46.9. The van der Waals surface area contributed by atoms with Crippen LogP contribution in [-0.4, -0.2) is 89.2 Å². The molecule has 426 valence electrons. The van der Waals surface area contributed by atoms with Crippen LogP contribution in [0, 0.1) is 0 Å². The lowest BCUT2D eigenvalue weighted by atomic mass is 9.98. The monoisotopic (exact) mass is 1030 g/mol. The Labute approximate surface area is 445 Å². The summed E-state index contributed by atoms with van der Waals surface area (Å²) in [6.07, 6.45) is 44.3. The van der Waals surface area contributed by atoms with E-state index in [0.29, 0.717) is 19.3 Å². The second-order valence-electron chi connectivity index (χ2n) is 21.0. The first-order valence-electron chi connectivity index (χ1n) is 30.3. The minimum Gasteiger partial charge on any atom is -0.479 e. The maximum atomic E-state index is 13.1. The minimum atomic E-state index is -1.90. The van der Waals surface area contributed by atoms with Gasteiger partial charge in [0.1, 0.15) is 18.8 Å². The molecule has 3 N–H and O–H groups in total. The van der Waals surface area contributed by atoms with Crippen LogP contribution in [-0.2, 0) is 42.9 Å². The first kappa shape index (κ1) is 68.2. The summed E-state index contributed by atoms with van der Waals surface area (Å²) in [6, 6.07) is 0. The molecule has 12 nitrogen and oxygen atoms in total. The number of aliphatic hydroxyl groups is 2. The number of esters is 3. The van der Waals surface area contributed by atoms with Gasteiger partial charge in [-0.3, -0.25) is 14.4 Å². The Morgan fingerprint density at radius 3 is 1.26 bits per heavy atom. The molecule has 0 aromatic heterocycles. The van der Waals surface area contributed by atoms with E-state index in [-0.39, 0.29) is 25.9 Å². The predicted molar refractivity (Wildman–Crippen MR) is 294 cm³/mol. The van der Waals surface area contributed by atoms with E-state index in [1.54, 1.807) is 0 Å². The maximum Gasteiger partial charge on any atom is 0.335 e. The van der Waals surface area contributed by atoms with Crippen LogP contribution in [0.3, 0.4) is 0 Å². The van der Waals surface area contributed by atoms with E-state index in [1.807, 2.05) is 0 Å². The van der Waals surface area contributed by atoms with Gasteiger partial charge in [-0.15, -0.1) is 0 Å². The Balaban J connectivity index is 2.67. The highest BCUT2D eigenvalue weighted by Gasteiger charge is 2.50. The van der Waals surface area contributed by atoms with Crippen molar-refractivity contribution in [2.45, 2.75) is 327 Å².